The first-order valence-corrected chi connectivity index (χ1v) is 24.0. The molecule has 22 nitrogen and oxygen atoms in total. The molecule has 26 heteroatoms. The minimum Gasteiger partial charge on any atom is -0.481 e. The molecule has 356 valence electrons. The van der Waals surface area contributed by atoms with Gasteiger partial charge >= 0.3 is 0 Å². The molecule has 8 heterocycles. The van der Waals surface area contributed by atoms with Gasteiger partial charge in [-0.1, -0.05) is 22.4 Å². The monoisotopic (exact) mass is 974 g/mol. The van der Waals surface area contributed by atoms with Crippen molar-refractivity contribution >= 4 is 19.7 Å². The molecule has 8 aromatic rings. The Morgan fingerprint density at radius 1 is 0.588 bits per heavy atom. The van der Waals surface area contributed by atoms with E-state index in [0.29, 0.717) is 69.1 Å². The van der Waals surface area contributed by atoms with Gasteiger partial charge < -0.3 is 18.5 Å². The molecule has 0 bridgehead atoms. The Bertz CT molecular complexity index is 3010. The molecular weight excluding hydrogens is 931 g/mol. The molecule has 0 aliphatic rings. The van der Waals surface area contributed by atoms with Crippen LogP contribution in [0.4, 0.5) is 8.78 Å². The fraction of sp³-hybridized carbons (Fsp3) is 0.333. The van der Waals surface area contributed by atoms with Crippen LogP contribution in [0.25, 0.3) is 34.4 Å². The summed E-state index contributed by atoms with van der Waals surface area (Å²) in [6, 6.07) is 10.3. The van der Waals surface area contributed by atoms with E-state index in [9.17, 15) is 25.6 Å². The van der Waals surface area contributed by atoms with Crippen molar-refractivity contribution in [1.82, 2.24) is 69.7 Å². The Morgan fingerprint density at radius 3 is 1.28 bits per heavy atom. The normalized spacial score (nSPS) is 12.6. The van der Waals surface area contributed by atoms with Gasteiger partial charge in [-0.2, -0.15) is 0 Å². The number of ether oxygens (including phenoxy) is 2. The second-order valence-electron chi connectivity index (χ2n) is 15.3. The molecule has 68 heavy (non-hydrogen) atoms. The van der Waals surface area contributed by atoms with Crippen molar-refractivity contribution < 1.29 is 44.1 Å². The zero-order valence-corrected chi connectivity index (χ0v) is 39.5. The number of pyridine rings is 2. The molecule has 8 aromatic heterocycles. The van der Waals surface area contributed by atoms with Crippen molar-refractivity contribution in [2.75, 3.05) is 14.2 Å². The Kier molecular flexibility index (Phi) is 14.4. The van der Waals surface area contributed by atoms with E-state index in [-0.39, 0.29) is 36.1 Å². The molecule has 0 spiro atoms. The first-order valence-electron chi connectivity index (χ1n) is 20.5. The number of hydrogen-bond acceptors (Lipinski definition) is 20. The van der Waals surface area contributed by atoms with E-state index in [0.717, 1.165) is 24.8 Å². The number of sulfone groups is 2. The van der Waals surface area contributed by atoms with E-state index in [1.807, 2.05) is 0 Å². The van der Waals surface area contributed by atoms with Crippen molar-refractivity contribution in [3.63, 3.8) is 0 Å². The number of methoxy groups -OCH3 is 2. The summed E-state index contributed by atoms with van der Waals surface area (Å²) in [6.45, 7) is 9.99. The lowest BCUT2D eigenvalue weighted by Crippen LogP contribution is -2.24. The van der Waals surface area contributed by atoms with Crippen LogP contribution in [0.3, 0.4) is 0 Å². The third kappa shape index (κ3) is 10.7. The Hall–Kier alpha value is -7.48. The molecule has 0 aliphatic carbocycles. The fourth-order valence-electron chi connectivity index (χ4n) is 6.82. The average Bonchev–Trinajstić information content (AvgIpc) is 4.09. The molecule has 0 fully saturated rings. The SMILES string of the molecule is COc1cccc(-c2nnc(CS(=O)(=O)[C@@H](C)Cc3ncc(F)cn3)n2-c2c(C)noc2C)n1.COc1cccc(-c2nnc(CS(=O)(=O)[C@H](C)Cc3ncc(F)cn3)n2-c2c(C)noc2C)n1. The maximum atomic E-state index is 13.2. The highest BCUT2D eigenvalue weighted by molar-refractivity contribution is 7.91. The number of aromatic nitrogens is 14. The largest absolute Gasteiger partial charge is 0.481 e. The zero-order valence-electron chi connectivity index (χ0n) is 37.9. The van der Waals surface area contributed by atoms with Gasteiger partial charge in [0, 0.05) is 25.0 Å². The van der Waals surface area contributed by atoms with Crippen LogP contribution in [0.5, 0.6) is 11.8 Å². The van der Waals surface area contributed by atoms with Crippen molar-refractivity contribution in [3.05, 3.63) is 119 Å². The Balaban J connectivity index is 0.000000201. The summed E-state index contributed by atoms with van der Waals surface area (Å²) in [7, 11) is -4.48. The highest BCUT2D eigenvalue weighted by atomic mass is 32.2. The van der Waals surface area contributed by atoms with Crippen molar-refractivity contribution in [1.29, 1.82) is 0 Å². The topological polar surface area (TPSA) is 278 Å². The van der Waals surface area contributed by atoms with Crippen LogP contribution in [0.15, 0.2) is 70.2 Å². The van der Waals surface area contributed by atoms with Crippen LogP contribution < -0.4 is 9.47 Å². The first-order chi connectivity index (χ1) is 32.4. The number of aryl methyl sites for hydroxylation is 4. The molecule has 2 atom stereocenters. The van der Waals surface area contributed by atoms with Gasteiger partial charge in [0.2, 0.25) is 11.8 Å². The van der Waals surface area contributed by atoms with E-state index in [2.05, 4.69) is 60.6 Å². The van der Waals surface area contributed by atoms with Crippen molar-refractivity contribution in [2.24, 2.45) is 0 Å². The molecule has 0 saturated heterocycles. The highest BCUT2D eigenvalue weighted by Crippen LogP contribution is 2.30. The van der Waals surface area contributed by atoms with Gasteiger partial charge in [-0.05, 0) is 53.7 Å². The van der Waals surface area contributed by atoms with E-state index >= 15 is 0 Å². The van der Waals surface area contributed by atoms with Crippen molar-refractivity contribution in [2.45, 2.75) is 76.4 Å². The zero-order chi connectivity index (χ0) is 48.9. The minimum atomic E-state index is -3.74. The fourth-order valence-corrected chi connectivity index (χ4v) is 9.29. The van der Waals surface area contributed by atoms with E-state index in [1.54, 1.807) is 87.1 Å². The maximum absolute atomic E-state index is 13.2. The van der Waals surface area contributed by atoms with Crippen molar-refractivity contribution in [3.8, 4) is 46.2 Å². The number of hydrogen-bond donors (Lipinski definition) is 0. The summed E-state index contributed by atoms with van der Waals surface area (Å²) in [5.74, 6) is 1.06. The predicted molar refractivity (Wildman–Crippen MR) is 237 cm³/mol. The molecule has 0 unspecified atom stereocenters. The third-order valence-corrected chi connectivity index (χ3v) is 14.5. The molecule has 0 aromatic carbocycles. The third-order valence-electron chi connectivity index (χ3n) is 10.4. The minimum absolute atomic E-state index is 0.0202. The van der Waals surface area contributed by atoms with Gasteiger partial charge in [0.15, 0.2) is 66.1 Å². The molecule has 0 N–H and O–H groups in total. The molecule has 0 radical (unpaired) electrons. The van der Waals surface area contributed by atoms with Gasteiger partial charge in [0.1, 0.15) is 57.3 Å². The van der Waals surface area contributed by atoms with E-state index < -0.39 is 53.3 Å². The van der Waals surface area contributed by atoms with Gasteiger partial charge in [-0.15, -0.1) is 20.4 Å². The highest BCUT2D eigenvalue weighted by Gasteiger charge is 2.31. The standard InChI is InChI=1S/2C21H22FN7O4S/c2*1-12(8-17-23-9-15(22)10-24-17)34(30,31)11-18-26-27-21(16-6-5-7-19(25-16)32-4)29(18)20-13(2)28-33-14(20)3/h2*5-7,9-10,12H,8,11H2,1-4H3/t2*12-/m10/s1. The second-order valence-corrected chi connectivity index (χ2v) is 20.1. The van der Waals surface area contributed by atoms with E-state index in [1.165, 1.54) is 14.2 Å². The van der Waals surface area contributed by atoms with Crippen LogP contribution in [-0.4, -0.2) is 111 Å². The Morgan fingerprint density at radius 2 is 0.956 bits per heavy atom. The maximum Gasteiger partial charge on any atom is 0.213 e. The second kappa shape index (κ2) is 20.2. The van der Waals surface area contributed by atoms with Crippen LogP contribution in [0, 0.1) is 39.3 Å². The van der Waals surface area contributed by atoms with Gasteiger partial charge in [0.05, 0.1) is 49.5 Å². The number of nitrogens with zero attached hydrogens (tertiary/aromatic N) is 14. The Labute approximate surface area is 388 Å². The summed E-state index contributed by atoms with van der Waals surface area (Å²) in [5.41, 5.74) is 3.00. The molecular formula is C42H44F2N14O8S2. The number of rotatable bonds is 16. The first kappa shape index (κ1) is 48.5. The quantitative estimate of drug-likeness (QED) is 0.125. The predicted octanol–water partition coefficient (Wildman–Crippen LogP) is 4.84. The summed E-state index contributed by atoms with van der Waals surface area (Å²) in [6.07, 6.45) is 4.05. The lowest BCUT2D eigenvalue weighted by Gasteiger charge is -2.14. The summed E-state index contributed by atoms with van der Waals surface area (Å²) in [4.78, 5) is 24.2. The van der Waals surface area contributed by atoms with E-state index in [4.69, 9.17) is 18.5 Å². The molecule has 0 saturated carbocycles. The summed E-state index contributed by atoms with van der Waals surface area (Å²) in [5, 5.41) is 23.1. The summed E-state index contributed by atoms with van der Waals surface area (Å²) >= 11 is 0. The van der Waals surface area contributed by atoms with Crippen LogP contribution in [0.2, 0.25) is 0 Å². The van der Waals surface area contributed by atoms with Crippen LogP contribution in [-0.2, 0) is 44.0 Å². The molecule has 0 aliphatic heterocycles. The van der Waals surface area contributed by atoms with Gasteiger partial charge in [-0.25, -0.2) is 55.5 Å². The number of halogens is 2. The van der Waals surface area contributed by atoms with Gasteiger partial charge in [-0.3, -0.25) is 9.13 Å². The van der Waals surface area contributed by atoms with Crippen LogP contribution in [0.1, 0.15) is 60.1 Å². The molecule has 8 rings (SSSR count). The lowest BCUT2D eigenvalue weighted by atomic mass is 10.2. The average molecular weight is 975 g/mol. The van der Waals surface area contributed by atoms with Crippen LogP contribution >= 0.6 is 0 Å². The smallest absolute Gasteiger partial charge is 0.213 e. The lowest BCUT2D eigenvalue weighted by molar-refractivity contribution is 0.392. The molecule has 0 amide bonds. The summed E-state index contributed by atoms with van der Waals surface area (Å²) < 4.78 is 103. The van der Waals surface area contributed by atoms with Gasteiger partial charge in [0.25, 0.3) is 0 Å².